The summed E-state index contributed by atoms with van der Waals surface area (Å²) in [6, 6.07) is 4.72. The number of rotatable bonds is 7. The third kappa shape index (κ3) is 4.30. The summed E-state index contributed by atoms with van der Waals surface area (Å²) in [5.74, 6) is 0. The van der Waals surface area contributed by atoms with Crippen LogP contribution in [-0.4, -0.2) is 24.5 Å². The number of aryl methyl sites for hydroxylation is 2. The standard InChI is InChI=1S/C14H20N4O2S/c1-12-10-13(4-5-14(12)15)21(19,20)17-6-2-3-8-18-9-7-16-11-18/h4-5,7,9-11,17H,2-3,6,8,15H2,1H3. The van der Waals surface area contributed by atoms with Crippen molar-refractivity contribution in [2.75, 3.05) is 12.3 Å². The van der Waals surface area contributed by atoms with Crippen LogP contribution in [0.25, 0.3) is 0 Å². The predicted molar refractivity (Wildman–Crippen MR) is 82.2 cm³/mol. The minimum Gasteiger partial charge on any atom is -0.399 e. The fourth-order valence-corrected chi connectivity index (χ4v) is 3.10. The Hall–Kier alpha value is -1.86. The average Bonchev–Trinajstić information content (AvgIpc) is 2.94. The van der Waals surface area contributed by atoms with Crippen LogP contribution in [0.1, 0.15) is 18.4 Å². The Morgan fingerprint density at radius 3 is 2.81 bits per heavy atom. The van der Waals surface area contributed by atoms with Gasteiger partial charge in [0.25, 0.3) is 0 Å². The van der Waals surface area contributed by atoms with Gasteiger partial charge in [-0.1, -0.05) is 0 Å². The number of nitrogens with zero attached hydrogens (tertiary/aromatic N) is 2. The van der Waals surface area contributed by atoms with Crippen LogP contribution in [0.15, 0.2) is 41.8 Å². The van der Waals surface area contributed by atoms with Crippen LogP contribution in [0, 0.1) is 6.92 Å². The Morgan fingerprint density at radius 2 is 2.14 bits per heavy atom. The van der Waals surface area contributed by atoms with E-state index in [0.717, 1.165) is 24.9 Å². The summed E-state index contributed by atoms with van der Waals surface area (Å²) in [5, 5.41) is 0. The van der Waals surface area contributed by atoms with Crippen LogP contribution >= 0.6 is 0 Å². The molecule has 2 aromatic rings. The van der Waals surface area contributed by atoms with Gasteiger partial charge in [0.05, 0.1) is 11.2 Å². The lowest BCUT2D eigenvalue weighted by Crippen LogP contribution is -2.25. The summed E-state index contributed by atoms with van der Waals surface area (Å²) in [4.78, 5) is 4.21. The Morgan fingerprint density at radius 1 is 1.33 bits per heavy atom. The van der Waals surface area contributed by atoms with E-state index in [1.54, 1.807) is 31.6 Å². The number of nitrogen functional groups attached to an aromatic ring is 1. The second-order valence-electron chi connectivity index (χ2n) is 4.92. The summed E-state index contributed by atoms with van der Waals surface area (Å²) in [6.07, 6.45) is 7.03. The Balaban J connectivity index is 1.82. The van der Waals surface area contributed by atoms with Crippen molar-refractivity contribution in [1.82, 2.24) is 14.3 Å². The van der Waals surface area contributed by atoms with Gasteiger partial charge < -0.3 is 10.3 Å². The third-order valence-corrected chi connectivity index (χ3v) is 4.70. The molecule has 114 valence electrons. The number of benzene rings is 1. The smallest absolute Gasteiger partial charge is 0.240 e. The van der Waals surface area contributed by atoms with Crippen molar-refractivity contribution < 1.29 is 8.42 Å². The molecule has 3 N–H and O–H groups in total. The second-order valence-corrected chi connectivity index (χ2v) is 6.69. The van der Waals surface area contributed by atoms with Crippen LogP contribution < -0.4 is 10.5 Å². The zero-order valence-corrected chi connectivity index (χ0v) is 12.8. The molecule has 1 heterocycles. The van der Waals surface area contributed by atoms with Gasteiger partial charge in [0.15, 0.2) is 0 Å². The molecule has 0 unspecified atom stereocenters. The Bertz CT molecular complexity index is 681. The highest BCUT2D eigenvalue weighted by molar-refractivity contribution is 7.89. The first-order valence-corrected chi connectivity index (χ1v) is 8.29. The van der Waals surface area contributed by atoms with Gasteiger partial charge in [0.2, 0.25) is 10.0 Å². The summed E-state index contributed by atoms with van der Waals surface area (Å²) >= 11 is 0. The van der Waals surface area contributed by atoms with Gasteiger partial charge in [-0.05, 0) is 43.5 Å². The van der Waals surface area contributed by atoms with E-state index >= 15 is 0 Å². The molecule has 1 aromatic carbocycles. The van der Waals surface area contributed by atoms with Gasteiger partial charge in [-0.3, -0.25) is 0 Å². The van der Waals surface area contributed by atoms with Gasteiger partial charge in [0, 0.05) is 31.2 Å². The number of hydrogen-bond donors (Lipinski definition) is 2. The largest absolute Gasteiger partial charge is 0.399 e. The molecule has 0 radical (unpaired) electrons. The van der Waals surface area contributed by atoms with E-state index < -0.39 is 10.0 Å². The maximum absolute atomic E-state index is 12.1. The minimum atomic E-state index is -3.46. The number of nitrogens with two attached hydrogens (primary N) is 1. The lowest BCUT2D eigenvalue weighted by molar-refractivity contribution is 0.566. The van der Waals surface area contributed by atoms with Crippen LogP contribution in [0.5, 0.6) is 0 Å². The van der Waals surface area contributed by atoms with Gasteiger partial charge in [-0.15, -0.1) is 0 Å². The highest BCUT2D eigenvalue weighted by Gasteiger charge is 2.13. The zero-order valence-electron chi connectivity index (χ0n) is 12.0. The van der Waals surface area contributed by atoms with E-state index in [4.69, 9.17) is 5.73 Å². The average molecular weight is 308 g/mol. The zero-order chi connectivity index (χ0) is 15.3. The van der Waals surface area contributed by atoms with Crippen molar-refractivity contribution >= 4 is 15.7 Å². The van der Waals surface area contributed by atoms with Crippen molar-refractivity contribution in [1.29, 1.82) is 0 Å². The SMILES string of the molecule is Cc1cc(S(=O)(=O)NCCCCn2ccnc2)ccc1N. The predicted octanol–water partition coefficient (Wildman–Crippen LogP) is 1.53. The molecule has 0 fully saturated rings. The molecule has 0 bridgehead atoms. The van der Waals surface area contributed by atoms with Gasteiger partial charge in [-0.25, -0.2) is 18.1 Å². The van der Waals surface area contributed by atoms with Crippen LogP contribution in [0.3, 0.4) is 0 Å². The number of aromatic nitrogens is 2. The lowest BCUT2D eigenvalue weighted by Gasteiger charge is -2.08. The van der Waals surface area contributed by atoms with Crippen LogP contribution in [-0.2, 0) is 16.6 Å². The van der Waals surface area contributed by atoms with E-state index in [2.05, 4.69) is 9.71 Å². The fraction of sp³-hybridized carbons (Fsp3) is 0.357. The van der Waals surface area contributed by atoms with E-state index in [1.165, 1.54) is 6.07 Å². The van der Waals surface area contributed by atoms with E-state index in [1.807, 2.05) is 10.8 Å². The summed E-state index contributed by atoms with van der Waals surface area (Å²) in [7, 11) is -3.46. The van der Waals surface area contributed by atoms with Crippen molar-refractivity contribution in [2.24, 2.45) is 0 Å². The molecule has 0 spiro atoms. The molecule has 2 rings (SSSR count). The van der Waals surface area contributed by atoms with Crippen molar-refractivity contribution in [2.45, 2.75) is 31.2 Å². The summed E-state index contributed by atoms with van der Waals surface area (Å²) in [6.45, 7) is 3.04. The first-order chi connectivity index (χ1) is 9.99. The molecule has 0 atom stereocenters. The molecule has 0 saturated carbocycles. The number of sulfonamides is 1. The number of imidazole rings is 1. The van der Waals surface area contributed by atoms with Crippen molar-refractivity contribution in [3.63, 3.8) is 0 Å². The fourth-order valence-electron chi connectivity index (χ4n) is 1.94. The summed E-state index contributed by atoms with van der Waals surface area (Å²) < 4.78 is 28.8. The number of nitrogens with one attached hydrogen (secondary N) is 1. The van der Waals surface area contributed by atoms with Gasteiger partial charge in [0.1, 0.15) is 0 Å². The van der Waals surface area contributed by atoms with E-state index in [-0.39, 0.29) is 4.90 Å². The highest BCUT2D eigenvalue weighted by Crippen LogP contribution is 2.16. The summed E-state index contributed by atoms with van der Waals surface area (Å²) in [5.41, 5.74) is 7.05. The Labute approximate surface area is 125 Å². The van der Waals surface area contributed by atoms with E-state index in [9.17, 15) is 8.42 Å². The van der Waals surface area contributed by atoms with Crippen LogP contribution in [0.4, 0.5) is 5.69 Å². The third-order valence-electron chi connectivity index (χ3n) is 3.25. The maximum atomic E-state index is 12.1. The molecule has 6 nitrogen and oxygen atoms in total. The van der Waals surface area contributed by atoms with Crippen molar-refractivity contribution in [3.8, 4) is 0 Å². The normalized spacial score (nSPS) is 11.7. The molecule has 1 aromatic heterocycles. The second kappa shape index (κ2) is 6.73. The maximum Gasteiger partial charge on any atom is 0.240 e. The molecule has 0 aliphatic heterocycles. The Kier molecular flexibility index (Phi) is 4.98. The molecular formula is C14H20N4O2S. The topological polar surface area (TPSA) is 90.0 Å². The molecule has 0 aliphatic rings. The van der Waals surface area contributed by atoms with Crippen molar-refractivity contribution in [3.05, 3.63) is 42.5 Å². The number of unbranched alkanes of at least 4 members (excludes halogenated alkanes) is 1. The molecule has 0 saturated heterocycles. The van der Waals surface area contributed by atoms with E-state index in [0.29, 0.717) is 12.2 Å². The number of hydrogen-bond acceptors (Lipinski definition) is 4. The first kappa shape index (κ1) is 15.5. The monoisotopic (exact) mass is 308 g/mol. The molecule has 0 aliphatic carbocycles. The quantitative estimate of drug-likeness (QED) is 0.599. The highest BCUT2D eigenvalue weighted by atomic mass is 32.2. The molecule has 7 heteroatoms. The first-order valence-electron chi connectivity index (χ1n) is 6.80. The molecule has 21 heavy (non-hydrogen) atoms. The number of anilines is 1. The molecule has 0 amide bonds. The van der Waals surface area contributed by atoms with Gasteiger partial charge in [-0.2, -0.15) is 0 Å². The lowest BCUT2D eigenvalue weighted by atomic mass is 10.2. The molecular weight excluding hydrogens is 288 g/mol. The minimum absolute atomic E-state index is 0.254. The van der Waals surface area contributed by atoms with Gasteiger partial charge >= 0.3 is 0 Å². The van der Waals surface area contributed by atoms with Crippen LogP contribution in [0.2, 0.25) is 0 Å².